The van der Waals surface area contributed by atoms with Gasteiger partial charge < -0.3 is 10.1 Å². The minimum absolute atomic E-state index is 0.0280. The maximum atomic E-state index is 12.2. The number of rotatable bonds is 5. The molecule has 1 N–H and O–H groups in total. The number of amides is 1. The molecule has 0 heterocycles. The number of aryl methyl sites for hydroxylation is 1. The van der Waals surface area contributed by atoms with E-state index in [0.29, 0.717) is 17.2 Å². The highest BCUT2D eigenvalue weighted by Gasteiger charge is 2.17. The van der Waals surface area contributed by atoms with Crippen LogP contribution in [0.1, 0.15) is 29.8 Å². The van der Waals surface area contributed by atoms with Gasteiger partial charge in [-0.2, -0.15) is 0 Å². The summed E-state index contributed by atoms with van der Waals surface area (Å²) >= 11 is 5.78. The van der Waals surface area contributed by atoms with Gasteiger partial charge in [-0.3, -0.25) is 4.79 Å². The van der Waals surface area contributed by atoms with Crippen molar-refractivity contribution in [2.75, 3.05) is 13.0 Å². The molecule has 0 spiro atoms. The number of halogens is 1. The van der Waals surface area contributed by atoms with Crippen LogP contribution in [-0.2, 0) is 0 Å². The number of carbonyl (C=O) groups is 1. The largest absolute Gasteiger partial charge is 0.496 e. The highest BCUT2D eigenvalue weighted by Crippen LogP contribution is 2.20. The van der Waals surface area contributed by atoms with Gasteiger partial charge in [0.2, 0.25) is 0 Å². The third-order valence-corrected chi connectivity index (χ3v) is 3.54. The smallest absolute Gasteiger partial charge is 0.255 e. The molecule has 0 aromatic heterocycles. The van der Waals surface area contributed by atoms with E-state index in [2.05, 4.69) is 5.32 Å². The fraction of sp³-hybridized carbons (Fsp3) is 0.500. The van der Waals surface area contributed by atoms with Crippen LogP contribution in [0, 0.1) is 12.8 Å². The molecule has 0 aliphatic carbocycles. The number of hydrogen-bond acceptors (Lipinski definition) is 2. The summed E-state index contributed by atoms with van der Waals surface area (Å²) in [6.45, 7) is 5.90. The minimum Gasteiger partial charge on any atom is -0.496 e. The van der Waals surface area contributed by atoms with Crippen molar-refractivity contribution in [3.8, 4) is 5.75 Å². The molecule has 2 unspecified atom stereocenters. The average Bonchev–Trinajstić information content (AvgIpc) is 2.37. The standard InChI is InChI=1S/C14H20ClNO2/c1-9-5-6-13(18-4)12(7-9)14(17)16-11(3)10(2)8-15/h5-7,10-11H,8H2,1-4H3,(H,16,17). The van der Waals surface area contributed by atoms with E-state index in [4.69, 9.17) is 16.3 Å². The number of carbonyl (C=O) groups excluding carboxylic acids is 1. The van der Waals surface area contributed by atoms with Crippen molar-refractivity contribution < 1.29 is 9.53 Å². The Hall–Kier alpha value is -1.22. The third-order valence-electron chi connectivity index (χ3n) is 3.06. The summed E-state index contributed by atoms with van der Waals surface area (Å²) in [5.41, 5.74) is 1.59. The van der Waals surface area contributed by atoms with Gasteiger partial charge in [-0.15, -0.1) is 11.6 Å². The van der Waals surface area contributed by atoms with Gasteiger partial charge in [0, 0.05) is 11.9 Å². The number of benzene rings is 1. The van der Waals surface area contributed by atoms with Gasteiger partial charge >= 0.3 is 0 Å². The van der Waals surface area contributed by atoms with E-state index in [1.54, 1.807) is 13.2 Å². The Morgan fingerprint density at radius 1 is 1.44 bits per heavy atom. The zero-order valence-corrected chi connectivity index (χ0v) is 12.0. The first-order chi connectivity index (χ1) is 8.49. The van der Waals surface area contributed by atoms with E-state index < -0.39 is 0 Å². The molecule has 18 heavy (non-hydrogen) atoms. The molecule has 3 nitrogen and oxygen atoms in total. The van der Waals surface area contributed by atoms with Crippen LogP contribution in [0.25, 0.3) is 0 Å². The van der Waals surface area contributed by atoms with E-state index in [0.717, 1.165) is 5.56 Å². The summed E-state index contributed by atoms with van der Waals surface area (Å²) < 4.78 is 5.20. The lowest BCUT2D eigenvalue weighted by Gasteiger charge is -2.20. The SMILES string of the molecule is COc1ccc(C)cc1C(=O)NC(C)C(C)CCl. The van der Waals surface area contributed by atoms with E-state index >= 15 is 0 Å². The molecule has 0 fully saturated rings. The third kappa shape index (κ3) is 3.64. The fourth-order valence-corrected chi connectivity index (χ4v) is 1.83. The molecule has 1 aromatic carbocycles. The Balaban J connectivity index is 2.87. The average molecular weight is 270 g/mol. The first-order valence-corrected chi connectivity index (χ1v) is 6.54. The van der Waals surface area contributed by atoms with Gasteiger partial charge in [0.05, 0.1) is 12.7 Å². The van der Waals surface area contributed by atoms with Crippen molar-refractivity contribution in [2.24, 2.45) is 5.92 Å². The van der Waals surface area contributed by atoms with Crippen LogP contribution in [0.5, 0.6) is 5.75 Å². The van der Waals surface area contributed by atoms with E-state index in [1.807, 2.05) is 32.9 Å². The summed E-state index contributed by atoms with van der Waals surface area (Å²) in [5, 5.41) is 2.95. The number of hydrogen-bond donors (Lipinski definition) is 1. The second kappa shape index (κ2) is 6.64. The molecular weight excluding hydrogens is 250 g/mol. The summed E-state index contributed by atoms with van der Waals surface area (Å²) in [7, 11) is 1.56. The summed E-state index contributed by atoms with van der Waals surface area (Å²) in [4.78, 5) is 12.2. The van der Waals surface area contributed by atoms with Crippen molar-refractivity contribution >= 4 is 17.5 Å². The Labute approximate surface area is 113 Å². The van der Waals surface area contributed by atoms with Crippen molar-refractivity contribution in [1.82, 2.24) is 5.32 Å². The Bertz CT molecular complexity index is 420. The van der Waals surface area contributed by atoms with Crippen LogP contribution < -0.4 is 10.1 Å². The minimum atomic E-state index is -0.125. The highest BCUT2D eigenvalue weighted by molar-refractivity contribution is 6.18. The molecule has 1 aromatic rings. The second-order valence-corrected chi connectivity index (χ2v) is 4.91. The summed E-state index contributed by atoms with van der Waals surface area (Å²) in [5.74, 6) is 1.21. The number of alkyl halides is 1. The predicted octanol–water partition coefficient (Wildman–Crippen LogP) is 3.00. The van der Waals surface area contributed by atoms with Crippen LogP contribution >= 0.6 is 11.6 Å². The van der Waals surface area contributed by atoms with E-state index in [9.17, 15) is 4.79 Å². The van der Waals surface area contributed by atoms with Gasteiger partial charge in [0.1, 0.15) is 5.75 Å². The number of nitrogens with one attached hydrogen (secondary N) is 1. The highest BCUT2D eigenvalue weighted by atomic mass is 35.5. The summed E-state index contributed by atoms with van der Waals surface area (Å²) in [6, 6.07) is 5.58. The molecule has 0 bridgehead atoms. The first kappa shape index (κ1) is 14.8. The van der Waals surface area contributed by atoms with Gasteiger partial charge in [-0.25, -0.2) is 0 Å². The Morgan fingerprint density at radius 3 is 2.67 bits per heavy atom. The van der Waals surface area contributed by atoms with Crippen molar-refractivity contribution in [3.05, 3.63) is 29.3 Å². The van der Waals surface area contributed by atoms with Gasteiger partial charge in [-0.1, -0.05) is 18.6 Å². The van der Waals surface area contributed by atoms with E-state index in [1.165, 1.54) is 0 Å². The molecular formula is C14H20ClNO2. The molecule has 4 heteroatoms. The fourth-order valence-electron chi connectivity index (χ4n) is 1.56. The number of methoxy groups -OCH3 is 1. The van der Waals surface area contributed by atoms with Crippen molar-refractivity contribution in [1.29, 1.82) is 0 Å². The van der Waals surface area contributed by atoms with Crippen LogP contribution in [0.2, 0.25) is 0 Å². The lowest BCUT2D eigenvalue weighted by Crippen LogP contribution is -2.37. The van der Waals surface area contributed by atoms with Crippen molar-refractivity contribution in [2.45, 2.75) is 26.8 Å². The molecule has 0 aliphatic heterocycles. The monoisotopic (exact) mass is 269 g/mol. The first-order valence-electron chi connectivity index (χ1n) is 6.01. The van der Waals surface area contributed by atoms with Crippen molar-refractivity contribution in [3.63, 3.8) is 0 Å². The predicted molar refractivity (Wildman–Crippen MR) is 74.5 cm³/mol. The van der Waals surface area contributed by atoms with E-state index in [-0.39, 0.29) is 17.9 Å². The molecule has 2 atom stereocenters. The van der Waals surface area contributed by atoms with Crippen LogP contribution in [-0.4, -0.2) is 24.9 Å². The maximum Gasteiger partial charge on any atom is 0.255 e. The maximum absolute atomic E-state index is 12.2. The molecule has 100 valence electrons. The molecule has 0 aliphatic rings. The van der Waals surface area contributed by atoms with Crippen LogP contribution in [0.4, 0.5) is 0 Å². The normalized spacial score (nSPS) is 13.8. The second-order valence-electron chi connectivity index (χ2n) is 4.60. The lowest BCUT2D eigenvalue weighted by atomic mass is 10.0. The number of ether oxygens (including phenoxy) is 1. The van der Waals surface area contributed by atoms with Crippen LogP contribution in [0.3, 0.4) is 0 Å². The Kier molecular flexibility index (Phi) is 5.48. The quantitative estimate of drug-likeness (QED) is 0.835. The molecule has 1 amide bonds. The van der Waals surface area contributed by atoms with Gasteiger partial charge in [0.25, 0.3) is 5.91 Å². The topological polar surface area (TPSA) is 38.3 Å². The van der Waals surface area contributed by atoms with Gasteiger partial charge in [0.15, 0.2) is 0 Å². The Morgan fingerprint density at radius 2 is 2.11 bits per heavy atom. The molecule has 1 rings (SSSR count). The molecule has 0 saturated carbocycles. The molecule has 0 saturated heterocycles. The zero-order chi connectivity index (χ0) is 13.7. The zero-order valence-electron chi connectivity index (χ0n) is 11.3. The van der Waals surface area contributed by atoms with Gasteiger partial charge in [-0.05, 0) is 31.9 Å². The summed E-state index contributed by atoms with van der Waals surface area (Å²) in [6.07, 6.45) is 0. The molecule has 0 radical (unpaired) electrons. The van der Waals surface area contributed by atoms with Crippen LogP contribution in [0.15, 0.2) is 18.2 Å². The lowest BCUT2D eigenvalue weighted by molar-refractivity contribution is 0.0928.